The number of nitrogens with zero attached hydrogens (tertiary/aromatic N) is 1. The van der Waals surface area contributed by atoms with Gasteiger partial charge in [0.05, 0.1) is 0 Å². The van der Waals surface area contributed by atoms with Crippen LogP contribution in [0.25, 0.3) is 0 Å². The average molecular weight is 232 g/mol. The summed E-state index contributed by atoms with van der Waals surface area (Å²) in [4.78, 5) is 15.0. The largest absolute Gasteiger partial charge is 0.454 e. The first kappa shape index (κ1) is 11.2. The van der Waals surface area contributed by atoms with Gasteiger partial charge in [-0.2, -0.15) is 0 Å². The van der Waals surface area contributed by atoms with Crippen LogP contribution < -0.4 is 15.2 Å². The van der Waals surface area contributed by atoms with Crippen LogP contribution in [0, 0.1) is 0 Å². The van der Waals surface area contributed by atoms with Crippen molar-refractivity contribution in [2.24, 2.45) is 10.7 Å². The fraction of sp³-hybridized carbons (Fsp3) is 0.167. The molecule has 1 atom stereocenters. The summed E-state index contributed by atoms with van der Waals surface area (Å²) in [5, 5.41) is 0. The molecule has 1 aliphatic rings. The highest BCUT2D eigenvalue weighted by molar-refractivity contribution is 5.87. The molecule has 0 radical (unpaired) electrons. The standard InChI is InChI=1S/C12H12N2O3/c1-2-9(12(13)15)14-6-8-3-4-10-11(5-8)17-7-16-10/h2-6,9H,1,7H2,(H2,13,15)/t9-/m1/s1. The summed E-state index contributed by atoms with van der Waals surface area (Å²) in [7, 11) is 0. The molecule has 0 fully saturated rings. The smallest absolute Gasteiger partial charge is 0.246 e. The highest BCUT2D eigenvalue weighted by Gasteiger charge is 2.13. The zero-order chi connectivity index (χ0) is 12.3. The number of nitrogens with two attached hydrogens (primary N) is 1. The molecule has 0 saturated heterocycles. The zero-order valence-electron chi connectivity index (χ0n) is 9.13. The van der Waals surface area contributed by atoms with Crippen molar-refractivity contribution < 1.29 is 14.3 Å². The van der Waals surface area contributed by atoms with E-state index in [-0.39, 0.29) is 6.79 Å². The first-order chi connectivity index (χ1) is 8.20. The number of carbonyl (C=O) groups is 1. The molecule has 0 bridgehead atoms. The SMILES string of the molecule is C=C[C@@H](N=Cc1ccc2c(c1)OCO2)C(N)=O. The van der Waals surface area contributed by atoms with E-state index in [1.807, 2.05) is 6.07 Å². The van der Waals surface area contributed by atoms with E-state index < -0.39 is 11.9 Å². The zero-order valence-corrected chi connectivity index (χ0v) is 9.13. The number of fused-ring (bicyclic) bond motifs is 1. The summed E-state index contributed by atoms with van der Waals surface area (Å²) in [6.45, 7) is 3.72. The van der Waals surface area contributed by atoms with E-state index in [1.54, 1.807) is 18.3 Å². The van der Waals surface area contributed by atoms with Crippen molar-refractivity contribution in [3.8, 4) is 11.5 Å². The predicted octanol–water partition coefficient (Wildman–Crippen LogP) is 0.874. The second-order valence-electron chi connectivity index (χ2n) is 3.47. The van der Waals surface area contributed by atoms with Gasteiger partial charge in [0.15, 0.2) is 11.5 Å². The average Bonchev–Trinajstić information content (AvgIpc) is 2.76. The predicted molar refractivity (Wildman–Crippen MR) is 63.3 cm³/mol. The van der Waals surface area contributed by atoms with E-state index in [4.69, 9.17) is 15.2 Å². The van der Waals surface area contributed by atoms with E-state index >= 15 is 0 Å². The van der Waals surface area contributed by atoms with Crippen LogP contribution in [0.3, 0.4) is 0 Å². The van der Waals surface area contributed by atoms with Crippen molar-refractivity contribution >= 4 is 12.1 Å². The minimum Gasteiger partial charge on any atom is -0.454 e. The van der Waals surface area contributed by atoms with E-state index in [0.29, 0.717) is 11.5 Å². The fourth-order valence-electron chi connectivity index (χ4n) is 1.41. The van der Waals surface area contributed by atoms with Crippen molar-refractivity contribution in [1.29, 1.82) is 0 Å². The third kappa shape index (κ3) is 2.44. The fourth-order valence-corrected chi connectivity index (χ4v) is 1.41. The van der Waals surface area contributed by atoms with Gasteiger partial charge in [0.1, 0.15) is 6.04 Å². The van der Waals surface area contributed by atoms with E-state index in [0.717, 1.165) is 5.56 Å². The van der Waals surface area contributed by atoms with Crippen LogP contribution in [0.1, 0.15) is 5.56 Å². The van der Waals surface area contributed by atoms with Crippen LogP contribution in [0.5, 0.6) is 11.5 Å². The lowest BCUT2D eigenvalue weighted by molar-refractivity contribution is -0.118. The maximum Gasteiger partial charge on any atom is 0.246 e. The van der Waals surface area contributed by atoms with Gasteiger partial charge in [-0.25, -0.2) is 0 Å². The second-order valence-corrected chi connectivity index (χ2v) is 3.47. The summed E-state index contributed by atoms with van der Waals surface area (Å²) in [5.41, 5.74) is 5.94. The molecule has 88 valence electrons. The van der Waals surface area contributed by atoms with Crippen LogP contribution in [-0.2, 0) is 4.79 Å². The van der Waals surface area contributed by atoms with Crippen LogP contribution in [0.2, 0.25) is 0 Å². The number of benzene rings is 1. The first-order valence-electron chi connectivity index (χ1n) is 5.05. The molecule has 1 heterocycles. The molecule has 5 heteroatoms. The van der Waals surface area contributed by atoms with Crippen molar-refractivity contribution in [2.45, 2.75) is 6.04 Å². The van der Waals surface area contributed by atoms with Crippen LogP contribution >= 0.6 is 0 Å². The maximum atomic E-state index is 10.9. The van der Waals surface area contributed by atoms with Gasteiger partial charge in [-0.15, -0.1) is 6.58 Å². The van der Waals surface area contributed by atoms with Crippen molar-refractivity contribution in [2.75, 3.05) is 6.79 Å². The number of hydrogen-bond donors (Lipinski definition) is 1. The van der Waals surface area contributed by atoms with Gasteiger partial charge in [0.2, 0.25) is 12.7 Å². The van der Waals surface area contributed by atoms with Crippen LogP contribution in [0.4, 0.5) is 0 Å². The van der Waals surface area contributed by atoms with Crippen LogP contribution in [-0.4, -0.2) is 25.0 Å². The number of rotatable bonds is 4. The number of ether oxygens (including phenoxy) is 2. The Morgan fingerprint density at radius 1 is 1.47 bits per heavy atom. The normalized spacial score (nSPS) is 14.8. The molecular formula is C12H12N2O3. The van der Waals surface area contributed by atoms with Crippen LogP contribution in [0.15, 0.2) is 35.8 Å². The molecule has 0 unspecified atom stereocenters. The first-order valence-corrected chi connectivity index (χ1v) is 5.05. The lowest BCUT2D eigenvalue weighted by Gasteiger charge is -2.01. The topological polar surface area (TPSA) is 73.9 Å². The number of aliphatic imine (C=N–C) groups is 1. The monoisotopic (exact) mass is 232 g/mol. The summed E-state index contributed by atoms with van der Waals surface area (Å²) < 4.78 is 10.4. The number of carbonyl (C=O) groups excluding carboxylic acids is 1. The van der Waals surface area contributed by atoms with E-state index in [9.17, 15) is 4.79 Å². The Labute approximate surface area is 98.5 Å². The van der Waals surface area contributed by atoms with Gasteiger partial charge in [-0.3, -0.25) is 9.79 Å². The summed E-state index contributed by atoms with van der Waals surface area (Å²) in [5.74, 6) is 0.845. The Balaban J connectivity index is 2.16. The Kier molecular flexibility index (Phi) is 3.09. The number of amides is 1. The van der Waals surface area contributed by atoms with E-state index in [2.05, 4.69) is 11.6 Å². The molecule has 1 amide bonds. The molecule has 0 aromatic heterocycles. The van der Waals surface area contributed by atoms with Gasteiger partial charge < -0.3 is 15.2 Å². The third-order valence-electron chi connectivity index (χ3n) is 2.30. The molecule has 5 nitrogen and oxygen atoms in total. The highest BCUT2D eigenvalue weighted by atomic mass is 16.7. The molecule has 2 rings (SSSR count). The molecule has 1 aromatic rings. The summed E-state index contributed by atoms with van der Waals surface area (Å²) in [6, 6.07) is 4.68. The van der Waals surface area contributed by atoms with Gasteiger partial charge in [-0.1, -0.05) is 6.08 Å². The lowest BCUT2D eigenvalue weighted by atomic mass is 10.2. The Morgan fingerprint density at radius 3 is 2.94 bits per heavy atom. The highest BCUT2D eigenvalue weighted by Crippen LogP contribution is 2.31. The summed E-state index contributed by atoms with van der Waals surface area (Å²) in [6.07, 6.45) is 2.95. The molecule has 0 saturated carbocycles. The minimum absolute atomic E-state index is 0.229. The number of hydrogen-bond acceptors (Lipinski definition) is 4. The molecule has 0 aliphatic carbocycles. The number of primary amides is 1. The van der Waals surface area contributed by atoms with Crippen molar-refractivity contribution in [3.05, 3.63) is 36.4 Å². The minimum atomic E-state index is -0.708. The molecule has 2 N–H and O–H groups in total. The third-order valence-corrected chi connectivity index (χ3v) is 2.30. The maximum absolute atomic E-state index is 10.9. The van der Waals surface area contributed by atoms with Gasteiger partial charge in [0, 0.05) is 6.21 Å². The van der Waals surface area contributed by atoms with Crippen molar-refractivity contribution in [1.82, 2.24) is 0 Å². The molecule has 0 spiro atoms. The lowest BCUT2D eigenvalue weighted by Crippen LogP contribution is -2.24. The molecule has 17 heavy (non-hydrogen) atoms. The summed E-state index contributed by atoms with van der Waals surface area (Å²) >= 11 is 0. The van der Waals surface area contributed by atoms with Gasteiger partial charge >= 0.3 is 0 Å². The Morgan fingerprint density at radius 2 is 2.24 bits per heavy atom. The Hall–Kier alpha value is -2.30. The van der Waals surface area contributed by atoms with Gasteiger partial charge in [-0.05, 0) is 23.8 Å². The second kappa shape index (κ2) is 4.69. The molecule has 1 aliphatic heterocycles. The van der Waals surface area contributed by atoms with Gasteiger partial charge in [0.25, 0.3) is 0 Å². The molecular weight excluding hydrogens is 220 g/mol. The Bertz CT molecular complexity index is 483. The van der Waals surface area contributed by atoms with E-state index in [1.165, 1.54) is 6.08 Å². The van der Waals surface area contributed by atoms with Crippen molar-refractivity contribution in [3.63, 3.8) is 0 Å². The molecule has 1 aromatic carbocycles. The quantitative estimate of drug-likeness (QED) is 0.618.